The summed E-state index contributed by atoms with van der Waals surface area (Å²) in [6, 6.07) is 8.53. The quantitative estimate of drug-likeness (QED) is 0.348. The van der Waals surface area contributed by atoms with Crippen molar-refractivity contribution >= 4 is 31.6 Å². The zero-order valence-corrected chi connectivity index (χ0v) is 19.4. The zero-order valence-electron chi connectivity index (χ0n) is 18.6. The lowest BCUT2D eigenvalue weighted by atomic mass is 9.97. The molecule has 0 atom stereocenters. The Labute approximate surface area is 200 Å². The van der Waals surface area contributed by atoms with Crippen molar-refractivity contribution in [3.8, 4) is 11.9 Å². The lowest BCUT2D eigenvalue weighted by Gasteiger charge is -2.19. The minimum Gasteiger partial charge on any atom is -0.257 e. The Bertz CT molecular complexity index is 1660. The second-order valence-corrected chi connectivity index (χ2v) is 10.8. The maximum absolute atomic E-state index is 13.5. The van der Waals surface area contributed by atoms with E-state index in [1.807, 2.05) is 0 Å². The number of alkyl halides is 5. The number of aromatic nitrogens is 5. The van der Waals surface area contributed by atoms with Gasteiger partial charge in [0.05, 0.1) is 40.7 Å². The number of rotatable bonds is 6. The van der Waals surface area contributed by atoms with Crippen LogP contribution in [0.3, 0.4) is 0 Å². The maximum atomic E-state index is 13.5. The van der Waals surface area contributed by atoms with E-state index in [0.29, 0.717) is 28.4 Å². The first-order valence-corrected chi connectivity index (χ1v) is 12.4. The van der Waals surface area contributed by atoms with Gasteiger partial charge in [0.25, 0.3) is 0 Å². The Morgan fingerprint density at radius 1 is 1.14 bits per heavy atom. The van der Waals surface area contributed by atoms with Crippen molar-refractivity contribution < 1.29 is 30.4 Å². The molecule has 1 aliphatic rings. The second-order valence-electron chi connectivity index (χ2n) is 8.65. The zero-order chi connectivity index (χ0) is 26.1. The normalized spacial score (nSPS) is 15.9. The van der Waals surface area contributed by atoms with Gasteiger partial charge in [0.2, 0.25) is 0 Å². The Balaban J connectivity index is 1.64. The minimum absolute atomic E-state index is 0.0100. The van der Waals surface area contributed by atoms with E-state index in [4.69, 9.17) is 0 Å². The van der Waals surface area contributed by atoms with E-state index in [2.05, 4.69) is 21.3 Å². The SMILES string of the molecule is CCS(=O)(=O)c1c2ccc(C3(C#N)CC3)cc2nn1-c1cc2cnn(CC(F)(F)C(F)(F)F)c2cn1. The monoisotopic (exact) mass is 524 g/mol. The molecular formula is C22H17F5N6O2S. The standard InChI is InChI=1S/C22H17F5N6O2S/c1-2-36(34,35)19-15-4-3-14(20(11-28)5-6-20)8-16(15)31-33(19)18-7-13-9-30-32(17(13)10-29-18)12-21(23,24)22(25,26)27/h3-4,7-10H,2,5-6,12H2,1H3. The van der Waals surface area contributed by atoms with Crippen molar-refractivity contribution in [1.82, 2.24) is 24.5 Å². The van der Waals surface area contributed by atoms with Gasteiger partial charge in [-0.15, -0.1) is 0 Å². The highest BCUT2D eigenvalue weighted by molar-refractivity contribution is 7.91. The Hall–Kier alpha value is -3.60. The fourth-order valence-electron chi connectivity index (χ4n) is 4.03. The lowest BCUT2D eigenvalue weighted by Crippen LogP contribution is -2.40. The van der Waals surface area contributed by atoms with Crippen molar-refractivity contribution in [2.24, 2.45) is 0 Å². The maximum Gasteiger partial charge on any atom is 0.455 e. The number of benzene rings is 1. The molecule has 4 aromatic rings. The molecule has 8 nitrogen and oxygen atoms in total. The Morgan fingerprint density at radius 2 is 1.86 bits per heavy atom. The van der Waals surface area contributed by atoms with Crippen LogP contribution in [0.5, 0.6) is 0 Å². The van der Waals surface area contributed by atoms with Crippen molar-refractivity contribution in [2.45, 2.75) is 48.8 Å². The van der Waals surface area contributed by atoms with Crippen molar-refractivity contribution in [3.63, 3.8) is 0 Å². The first-order chi connectivity index (χ1) is 16.8. The number of sulfone groups is 1. The van der Waals surface area contributed by atoms with Gasteiger partial charge < -0.3 is 0 Å². The van der Waals surface area contributed by atoms with Gasteiger partial charge in [-0.05, 0) is 36.6 Å². The van der Waals surface area contributed by atoms with E-state index in [1.165, 1.54) is 13.0 Å². The molecule has 3 aromatic heterocycles. The summed E-state index contributed by atoms with van der Waals surface area (Å²) in [5, 5.41) is 17.9. The molecule has 0 bridgehead atoms. The molecule has 3 heterocycles. The van der Waals surface area contributed by atoms with Gasteiger partial charge in [-0.1, -0.05) is 13.0 Å². The lowest BCUT2D eigenvalue weighted by molar-refractivity contribution is -0.287. The number of nitriles is 1. The third-order valence-corrected chi connectivity index (χ3v) is 8.06. The molecule has 5 rings (SSSR count). The van der Waals surface area contributed by atoms with Crippen LogP contribution >= 0.6 is 0 Å². The number of hydrogen-bond acceptors (Lipinski definition) is 6. The van der Waals surface area contributed by atoms with Crippen molar-refractivity contribution in [2.75, 3.05) is 5.75 Å². The smallest absolute Gasteiger partial charge is 0.257 e. The van der Waals surface area contributed by atoms with Crippen LogP contribution in [0.4, 0.5) is 22.0 Å². The molecule has 0 radical (unpaired) electrons. The summed E-state index contributed by atoms with van der Waals surface area (Å²) >= 11 is 0. The Kier molecular flexibility index (Phi) is 5.16. The average Bonchev–Trinajstić information content (AvgIpc) is 3.38. The molecule has 36 heavy (non-hydrogen) atoms. The third kappa shape index (κ3) is 3.69. The van der Waals surface area contributed by atoms with Crippen LogP contribution in [0.15, 0.2) is 41.7 Å². The van der Waals surface area contributed by atoms with E-state index in [0.717, 1.165) is 22.6 Å². The van der Waals surface area contributed by atoms with Gasteiger partial charge in [-0.25, -0.2) is 18.1 Å². The molecule has 0 N–H and O–H groups in total. The Morgan fingerprint density at radius 3 is 2.47 bits per heavy atom. The first-order valence-electron chi connectivity index (χ1n) is 10.8. The summed E-state index contributed by atoms with van der Waals surface area (Å²) in [4.78, 5) is 4.10. The largest absolute Gasteiger partial charge is 0.455 e. The van der Waals surface area contributed by atoms with E-state index >= 15 is 0 Å². The van der Waals surface area contributed by atoms with Gasteiger partial charge in [-0.2, -0.15) is 37.4 Å². The summed E-state index contributed by atoms with van der Waals surface area (Å²) in [6.07, 6.45) is -2.25. The minimum atomic E-state index is -5.75. The van der Waals surface area contributed by atoms with Gasteiger partial charge in [0.1, 0.15) is 6.54 Å². The van der Waals surface area contributed by atoms with E-state index in [1.54, 1.807) is 18.2 Å². The van der Waals surface area contributed by atoms with Crippen LogP contribution in [0.2, 0.25) is 0 Å². The van der Waals surface area contributed by atoms with Gasteiger partial charge in [-0.3, -0.25) is 4.68 Å². The number of halogens is 5. The van der Waals surface area contributed by atoms with E-state index in [9.17, 15) is 35.6 Å². The topological polar surface area (TPSA) is 106 Å². The van der Waals surface area contributed by atoms with Crippen molar-refractivity contribution in [1.29, 1.82) is 5.26 Å². The van der Waals surface area contributed by atoms with E-state index in [-0.39, 0.29) is 27.5 Å². The molecule has 1 saturated carbocycles. The molecular weight excluding hydrogens is 507 g/mol. The van der Waals surface area contributed by atoms with Crippen LogP contribution < -0.4 is 0 Å². The van der Waals surface area contributed by atoms with Crippen LogP contribution in [-0.2, 0) is 21.8 Å². The average molecular weight is 524 g/mol. The molecule has 1 aromatic carbocycles. The molecule has 14 heteroatoms. The summed E-state index contributed by atoms with van der Waals surface area (Å²) in [7, 11) is -3.84. The number of hydrogen-bond donors (Lipinski definition) is 0. The predicted molar refractivity (Wildman–Crippen MR) is 117 cm³/mol. The summed E-state index contributed by atoms with van der Waals surface area (Å²) in [6.45, 7) is -0.269. The number of nitrogens with zero attached hydrogens (tertiary/aromatic N) is 6. The predicted octanol–water partition coefficient (Wildman–Crippen LogP) is 4.32. The van der Waals surface area contributed by atoms with Crippen LogP contribution in [0, 0.1) is 11.3 Å². The summed E-state index contributed by atoms with van der Waals surface area (Å²) in [5.41, 5.74) is 0.332. The molecule has 1 fully saturated rings. The summed E-state index contributed by atoms with van der Waals surface area (Å²) < 4.78 is 92.6. The fraction of sp³-hybridized carbons (Fsp3) is 0.364. The van der Waals surface area contributed by atoms with E-state index < -0.39 is 33.9 Å². The van der Waals surface area contributed by atoms with Crippen molar-refractivity contribution in [3.05, 3.63) is 42.2 Å². The molecule has 0 amide bonds. The molecule has 1 aliphatic carbocycles. The molecule has 0 saturated heterocycles. The second kappa shape index (κ2) is 7.70. The summed E-state index contributed by atoms with van der Waals surface area (Å²) in [5.74, 6) is -5.24. The van der Waals surface area contributed by atoms with Gasteiger partial charge in [0, 0.05) is 10.8 Å². The van der Waals surface area contributed by atoms with Crippen LogP contribution in [0.1, 0.15) is 25.3 Å². The van der Waals surface area contributed by atoms with Gasteiger partial charge in [0.15, 0.2) is 20.7 Å². The first kappa shape index (κ1) is 24.1. The highest BCUT2D eigenvalue weighted by Crippen LogP contribution is 2.48. The molecule has 0 aliphatic heterocycles. The molecule has 0 spiro atoms. The van der Waals surface area contributed by atoms with Crippen LogP contribution in [-0.4, -0.2) is 50.8 Å². The third-order valence-electron chi connectivity index (χ3n) is 6.31. The number of pyridine rings is 1. The van der Waals surface area contributed by atoms with Gasteiger partial charge >= 0.3 is 12.1 Å². The highest BCUT2D eigenvalue weighted by atomic mass is 32.2. The number of fused-ring (bicyclic) bond motifs is 2. The van der Waals surface area contributed by atoms with Crippen LogP contribution in [0.25, 0.3) is 27.6 Å². The molecule has 188 valence electrons. The highest BCUT2D eigenvalue weighted by Gasteiger charge is 2.58. The fourth-order valence-corrected chi connectivity index (χ4v) is 5.21. The molecule has 0 unspecified atom stereocenters.